The molecule has 0 saturated heterocycles. The van der Waals surface area contributed by atoms with E-state index < -0.39 is 29.1 Å². The van der Waals surface area contributed by atoms with E-state index in [0.717, 1.165) is 39.7 Å². The van der Waals surface area contributed by atoms with Gasteiger partial charge in [-0.25, -0.2) is 0 Å². The predicted molar refractivity (Wildman–Crippen MR) is 155 cm³/mol. The first-order valence-corrected chi connectivity index (χ1v) is 13.5. The molecule has 0 heterocycles. The zero-order chi connectivity index (χ0) is 27.6. The van der Waals surface area contributed by atoms with Crippen molar-refractivity contribution >= 4 is 12.3 Å². The Morgan fingerprint density at radius 2 is 1.28 bits per heavy atom. The van der Waals surface area contributed by atoms with E-state index in [4.69, 9.17) is 4.74 Å². The number of esters is 1. The maximum absolute atomic E-state index is 14.1. The van der Waals surface area contributed by atoms with Gasteiger partial charge in [-0.15, -0.1) is 0 Å². The Kier molecular flexibility index (Phi) is 7.24. The summed E-state index contributed by atoms with van der Waals surface area (Å²) in [5, 5.41) is 0. The van der Waals surface area contributed by atoms with Crippen LogP contribution in [0.3, 0.4) is 0 Å². The fourth-order valence-electron chi connectivity index (χ4n) is 5.95. The van der Waals surface area contributed by atoms with Gasteiger partial charge < -0.3 is 9.53 Å². The number of carbonyl (C=O) groups is 2. The van der Waals surface area contributed by atoms with E-state index in [2.05, 4.69) is 77.7 Å². The number of hydrogen-bond donors (Lipinski definition) is 0. The minimum absolute atomic E-state index is 0.407. The molecule has 4 aromatic rings. The summed E-state index contributed by atoms with van der Waals surface area (Å²) < 4.78 is 6.02. The van der Waals surface area contributed by atoms with Crippen molar-refractivity contribution in [1.82, 2.24) is 4.90 Å². The van der Waals surface area contributed by atoms with Crippen LogP contribution in [0.4, 0.5) is 0 Å². The summed E-state index contributed by atoms with van der Waals surface area (Å²) in [5.41, 5.74) is 4.94. The zero-order valence-corrected chi connectivity index (χ0v) is 23.0. The summed E-state index contributed by atoms with van der Waals surface area (Å²) in [4.78, 5) is 28.8. The Morgan fingerprint density at radius 1 is 0.795 bits per heavy atom. The third-order valence-corrected chi connectivity index (χ3v) is 7.44. The molecule has 4 nitrogen and oxygen atoms in total. The third-order valence-electron chi connectivity index (χ3n) is 7.44. The summed E-state index contributed by atoms with van der Waals surface area (Å²) in [5.74, 6) is -1.03. The van der Waals surface area contributed by atoms with Crippen molar-refractivity contribution in [2.75, 3.05) is 0 Å². The van der Waals surface area contributed by atoms with Gasteiger partial charge >= 0.3 is 5.97 Å². The molecule has 0 radical (unpaired) electrons. The fraction of sp³-hybridized carbons (Fsp3) is 0.257. The van der Waals surface area contributed by atoms with Gasteiger partial charge in [0.1, 0.15) is 17.9 Å². The minimum Gasteiger partial charge on any atom is -0.459 e. The molecular weight excluding hydrogens is 482 g/mol. The Bertz CT molecular complexity index is 1410. The second kappa shape index (κ2) is 10.6. The summed E-state index contributed by atoms with van der Waals surface area (Å²) in [7, 11) is 0. The average molecular weight is 518 g/mol. The number of ether oxygens (including phenoxy) is 1. The van der Waals surface area contributed by atoms with Gasteiger partial charge in [-0.1, -0.05) is 116 Å². The topological polar surface area (TPSA) is 46.6 Å². The molecular formula is C35H35NO3. The first-order chi connectivity index (χ1) is 18.8. The van der Waals surface area contributed by atoms with Gasteiger partial charge in [0.25, 0.3) is 0 Å². The van der Waals surface area contributed by atoms with Crippen molar-refractivity contribution in [3.8, 4) is 11.1 Å². The van der Waals surface area contributed by atoms with Crippen molar-refractivity contribution < 1.29 is 14.3 Å². The number of carbonyl (C=O) groups excluding carboxylic acids is 2. The molecule has 0 saturated carbocycles. The summed E-state index contributed by atoms with van der Waals surface area (Å²) >= 11 is 0. The minimum atomic E-state index is -0.846. The Labute approximate surface area is 231 Å². The van der Waals surface area contributed by atoms with Crippen LogP contribution in [0.5, 0.6) is 0 Å². The standard InChI is InChI=1S/C35H35NO3/c1-25(24-37)32(33(38)39-34(2,3)4)36(23-26-15-7-5-8-16-26)35(27-17-9-6-10-18-27)30-21-13-11-19-28(30)29-20-12-14-22-31(29)35/h5-22,24-25,32H,23H2,1-4H3/t25-,32-/m0/s1. The Morgan fingerprint density at radius 3 is 1.79 bits per heavy atom. The lowest BCUT2D eigenvalue weighted by molar-refractivity contribution is -0.167. The van der Waals surface area contributed by atoms with Gasteiger partial charge in [-0.2, -0.15) is 0 Å². The van der Waals surface area contributed by atoms with Crippen LogP contribution < -0.4 is 0 Å². The van der Waals surface area contributed by atoms with Crippen molar-refractivity contribution in [2.45, 2.75) is 51.4 Å². The quantitative estimate of drug-likeness (QED) is 0.186. The molecule has 0 fully saturated rings. The average Bonchev–Trinajstić information content (AvgIpc) is 3.24. The first kappa shape index (κ1) is 26.6. The molecule has 4 aromatic carbocycles. The highest BCUT2D eigenvalue weighted by atomic mass is 16.6. The van der Waals surface area contributed by atoms with Crippen LogP contribution in [0.25, 0.3) is 11.1 Å². The van der Waals surface area contributed by atoms with Crippen LogP contribution in [-0.4, -0.2) is 28.8 Å². The van der Waals surface area contributed by atoms with Gasteiger partial charge in [-0.3, -0.25) is 9.69 Å². The van der Waals surface area contributed by atoms with Gasteiger partial charge in [-0.05, 0) is 54.2 Å². The number of nitrogens with zero attached hydrogens (tertiary/aromatic N) is 1. The van der Waals surface area contributed by atoms with E-state index >= 15 is 0 Å². The SMILES string of the molecule is C[C@@H](C=O)[C@@H](C(=O)OC(C)(C)C)N(Cc1ccccc1)C1(c2ccccc2)c2ccccc2-c2ccccc21. The van der Waals surface area contributed by atoms with Crippen LogP contribution in [0, 0.1) is 5.92 Å². The molecule has 0 bridgehead atoms. The van der Waals surface area contributed by atoms with Gasteiger partial charge in [0.2, 0.25) is 0 Å². The molecule has 2 atom stereocenters. The van der Waals surface area contributed by atoms with Crippen LogP contribution in [-0.2, 0) is 26.4 Å². The third kappa shape index (κ3) is 4.81. The highest BCUT2D eigenvalue weighted by Gasteiger charge is 2.53. The monoisotopic (exact) mass is 517 g/mol. The van der Waals surface area contributed by atoms with Crippen molar-refractivity contribution in [3.63, 3.8) is 0 Å². The number of hydrogen-bond acceptors (Lipinski definition) is 4. The smallest absolute Gasteiger partial charge is 0.324 e. The zero-order valence-electron chi connectivity index (χ0n) is 23.0. The molecule has 198 valence electrons. The van der Waals surface area contributed by atoms with E-state index in [1.807, 2.05) is 64.1 Å². The number of aldehydes is 1. The van der Waals surface area contributed by atoms with Crippen LogP contribution >= 0.6 is 0 Å². The van der Waals surface area contributed by atoms with E-state index in [0.29, 0.717) is 6.54 Å². The summed E-state index contributed by atoms with van der Waals surface area (Å²) in [6.45, 7) is 7.83. The second-order valence-corrected chi connectivity index (χ2v) is 11.3. The molecule has 1 aliphatic rings. The lowest BCUT2D eigenvalue weighted by atomic mass is 9.76. The van der Waals surface area contributed by atoms with Gasteiger partial charge in [0.15, 0.2) is 0 Å². The molecule has 0 unspecified atom stereocenters. The molecule has 0 aromatic heterocycles. The van der Waals surface area contributed by atoms with E-state index in [9.17, 15) is 9.59 Å². The Balaban J connectivity index is 1.87. The van der Waals surface area contributed by atoms with E-state index in [-0.39, 0.29) is 0 Å². The summed E-state index contributed by atoms with van der Waals surface area (Å²) in [6.07, 6.45) is 0.873. The fourth-order valence-corrected chi connectivity index (χ4v) is 5.95. The molecule has 0 aliphatic heterocycles. The van der Waals surface area contributed by atoms with Gasteiger partial charge in [0.05, 0.1) is 5.54 Å². The maximum Gasteiger partial charge on any atom is 0.324 e. The molecule has 0 amide bonds. The van der Waals surface area contributed by atoms with Crippen molar-refractivity contribution in [3.05, 3.63) is 131 Å². The number of fused-ring (bicyclic) bond motifs is 3. The lowest BCUT2D eigenvalue weighted by Gasteiger charge is -2.48. The van der Waals surface area contributed by atoms with Gasteiger partial charge in [0, 0.05) is 12.5 Å². The molecule has 0 spiro atoms. The number of benzene rings is 4. The highest BCUT2D eigenvalue weighted by molar-refractivity contribution is 5.85. The maximum atomic E-state index is 14.1. The molecule has 39 heavy (non-hydrogen) atoms. The lowest BCUT2D eigenvalue weighted by Crippen LogP contribution is -2.57. The van der Waals surface area contributed by atoms with Crippen LogP contribution in [0.2, 0.25) is 0 Å². The molecule has 5 rings (SSSR count). The molecule has 4 heteroatoms. The predicted octanol–water partition coefficient (Wildman–Crippen LogP) is 7.01. The Hall–Kier alpha value is -4.02. The first-order valence-electron chi connectivity index (χ1n) is 13.5. The second-order valence-electron chi connectivity index (χ2n) is 11.3. The molecule has 0 N–H and O–H groups in total. The largest absolute Gasteiger partial charge is 0.459 e. The van der Waals surface area contributed by atoms with Crippen molar-refractivity contribution in [2.24, 2.45) is 5.92 Å². The normalized spacial score (nSPS) is 15.2. The van der Waals surface area contributed by atoms with E-state index in [1.165, 1.54) is 0 Å². The van der Waals surface area contributed by atoms with Crippen LogP contribution in [0.1, 0.15) is 49.9 Å². The summed E-state index contributed by atoms with van der Waals surface area (Å²) in [6, 6.07) is 36.4. The molecule has 1 aliphatic carbocycles. The van der Waals surface area contributed by atoms with E-state index in [1.54, 1.807) is 0 Å². The highest BCUT2D eigenvalue weighted by Crippen LogP contribution is 2.55. The number of rotatable bonds is 8. The van der Waals surface area contributed by atoms with Crippen LogP contribution in [0.15, 0.2) is 109 Å². The van der Waals surface area contributed by atoms with Crippen molar-refractivity contribution in [1.29, 1.82) is 0 Å².